The molecule has 38 heavy (non-hydrogen) atoms. The third kappa shape index (κ3) is 3.86. The van der Waals surface area contributed by atoms with Gasteiger partial charge in [0.1, 0.15) is 0 Å². The maximum absolute atomic E-state index is 9.87. The Hall–Kier alpha value is -5.63. The minimum absolute atomic E-state index is 0.623. The van der Waals surface area contributed by atoms with Gasteiger partial charge in [-0.25, -0.2) is 0 Å². The van der Waals surface area contributed by atoms with Crippen molar-refractivity contribution in [2.75, 3.05) is 4.90 Å². The normalized spacial score (nSPS) is 12.3. The van der Waals surface area contributed by atoms with Crippen LogP contribution in [0.1, 0.15) is 22.3 Å². The number of nitrogens with zero attached hydrogens (tertiary/aromatic N) is 4. The Labute approximate surface area is 220 Å². The van der Waals surface area contributed by atoms with Gasteiger partial charge in [-0.3, -0.25) is 0 Å². The molecule has 0 radical (unpaired) electrons. The van der Waals surface area contributed by atoms with E-state index in [0.29, 0.717) is 23.1 Å². The number of rotatable bonds is 3. The lowest BCUT2D eigenvalue weighted by Gasteiger charge is -2.30. The summed E-state index contributed by atoms with van der Waals surface area (Å²) in [6.07, 6.45) is 4.53. The number of hydrogen-bond donors (Lipinski definition) is 0. The van der Waals surface area contributed by atoms with Crippen molar-refractivity contribution < 1.29 is 0 Å². The predicted octanol–water partition coefficient (Wildman–Crippen LogP) is 7.92. The highest BCUT2D eigenvalue weighted by Crippen LogP contribution is 2.40. The average molecular weight is 485 g/mol. The topological polar surface area (TPSA) is 74.6 Å². The van der Waals surface area contributed by atoms with E-state index in [0.717, 1.165) is 49.7 Å². The summed E-state index contributed by atoms with van der Waals surface area (Å²) in [4.78, 5) is 2.22. The van der Waals surface area contributed by atoms with Gasteiger partial charge in [-0.1, -0.05) is 60.7 Å². The van der Waals surface area contributed by atoms with E-state index in [4.69, 9.17) is 0 Å². The fraction of sp³-hybridized carbons (Fsp3) is 0.0294. The Bertz CT molecular complexity index is 1940. The Morgan fingerprint density at radius 1 is 0.632 bits per heavy atom. The molecule has 0 unspecified atom stereocenters. The van der Waals surface area contributed by atoms with Crippen molar-refractivity contribution >= 4 is 38.5 Å². The van der Waals surface area contributed by atoms with Crippen molar-refractivity contribution in [1.29, 1.82) is 15.8 Å². The molecule has 5 aromatic carbocycles. The number of fused-ring (bicyclic) bond motifs is 3. The van der Waals surface area contributed by atoms with Gasteiger partial charge in [0.15, 0.2) is 0 Å². The van der Waals surface area contributed by atoms with Crippen molar-refractivity contribution in [2.24, 2.45) is 0 Å². The number of allylic oxidation sites excluding steroid dienone is 4. The van der Waals surface area contributed by atoms with Gasteiger partial charge in [-0.05, 0) is 70.4 Å². The molecule has 0 aromatic heterocycles. The van der Waals surface area contributed by atoms with Crippen LogP contribution >= 0.6 is 0 Å². The summed E-state index contributed by atoms with van der Waals surface area (Å²) in [5.41, 5.74) is 6.80. The lowest BCUT2D eigenvalue weighted by atomic mass is 9.98. The fourth-order valence-corrected chi connectivity index (χ4v) is 5.19. The molecule has 4 heteroatoms. The molecule has 0 bridgehead atoms. The fourth-order valence-electron chi connectivity index (χ4n) is 5.19. The van der Waals surface area contributed by atoms with E-state index in [1.807, 2.05) is 91.0 Å². The van der Waals surface area contributed by atoms with Crippen molar-refractivity contribution in [3.05, 3.63) is 137 Å². The second-order valence-corrected chi connectivity index (χ2v) is 9.17. The van der Waals surface area contributed by atoms with E-state index in [2.05, 4.69) is 41.3 Å². The molecule has 0 saturated carbocycles. The maximum atomic E-state index is 9.87. The first-order valence-electron chi connectivity index (χ1n) is 12.3. The van der Waals surface area contributed by atoms with Gasteiger partial charge < -0.3 is 4.90 Å². The minimum Gasteiger partial charge on any atom is -0.313 e. The smallest absolute Gasteiger partial charge is 0.0998 e. The Morgan fingerprint density at radius 2 is 1.39 bits per heavy atom. The van der Waals surface area contributed by atoms with Crippen molar-refractivity contribution in [3.63, 3.8) is 0 Å². The van der Waals surface area contributed by atoms with E-state index >= 15 is 0 Å². The summed E-state index contributed by atoms with van der Waals surface area (Å²) in [6, 6.07) is 38.6. The second-order valence-electron chi connectivity index (χ2n) is 9.17. The van der Waals surface area contributed by atoms with Crippen LogP contribution in [0, 0.1) is 34.0 Å². The van der Waals surface area contributed by atoms with Gasteiger partial charge in [-0.2, -0.15) is 15.8 Å². The Morgan fingerprint density at radius 3 is 2.21 bits per heavy atom. The summed E-state index contributed by atoms with van der Waals surface area (Å²) >= 11 is 0. The predicted molar refractivity (Wildman–Crippen MR) is 151 cm³/mol. The van der Waals surface area contributed by atoms with Crippen LogP contribution in [0.4, 0.5) is 11.4 Å². The quantitative estimate of drug-likeness (QED) is 0.261. The Balaban J connectivity index is 1.62. The monoisotopic (exact) mass is 484 g/mol. The SMILES string of the molecule is N#CC1=CC=C(N(c2ccc3cc(C#N)ccc3c2)c2ccc(C#N)c3ccccc23)Cc2ccccc21. The van der Waals surface area contributed by atoms with E-state index in [-0.39, 0.29) is 0 Å². The molecule has 5 aromatic rings. The van der Waals surface area contributed by atoms with Gasteiger partial charge in [0.25, 0.3) is 0 Å². The summed E-state index contributed by atoms with van der Waals surface area (Å²) < 4.78 is 0. The van der Waals surface area contributed by atoms with Crippen molar-refractivity contribution in [3.8, 4) is 18.2 Å². The molecule has 1 aliphatic rings. The van der Waals surface area contributed by atoms with Gasteiger partial charge in [0, 0.05) is 28.6 Å². The first-order valence-corrected chi connectivity index (χ1v) is 12.3. The molecule has 0 aliphatic heterocycles. The van der Waals surface area contributed by atoms with Crippen molar-refractivity contribution in [1.82, 2.24) is 0 Å². The number of benzene rings is 5. The van der Waals surface area contributed by atoms with E-state index < -0.39 is 0 Å². The van der Waals surface area contributed by atoms with Gasteiger partial charge in [-0.15, -0.1) is 0 Å². The van der Waals surface area contributed by atoms with Crippen LogP contribution in [-0.2, 0) is 6.42 Å². The molecular weight excluding hydrogens is 464 g/mol. The van der Waals surface area contributed by atoms with Crippen LogP contribution in [0.25, 0.3) is 27.1 Å². The molecule has 176 valence electrons. The standard InChI is InChI=1S/C34H20N4/c35-20-23-9-10-25-18-29(14-11-24(25)17-23)38(34-16-13-28(22-37)32-7-3-4-8-33(32)34)30-15-12-27(21-36)31-6-2-1-5-26(31)19-30/h1-18H,19H2. The lowest BCUT2D eigenvalue weighted by molar-refractivity contribution is 1.05. The van der Waals surface area contributed by atoms with Crippen LogP contribution in [0.3, 0.4) is 0 Å². The number of anilines is 2. The summed E-state index contributed by atoms with van der Waals surface area (Å²) in [5.74, 6) is 0. The first kappa shape index (κ1) is 22.8. The maximum Gasteiger partial charge on any atom is 0.0998 e. The molecule has 0 amide bonds. The molecule has 4 nitrogen and oxygen atoms in total. The molecule has 0 N–H and O–H groups in total. The Kier molecular flexibility index (Phi) is 5.66. The van der Waals surface area contributed by atoms with Crippen LogP contribution < -0.4 is 4.90 Å². The summed E-state index contributed by atoms with van der Waals surface area (Å²) in [7, 11) is 0. The highest BCUT2D eigenvalue weighted by Gasteiger charge is 2.22. The van der Waals surface area contributed by atoms with Crippen LogP contribution in [0.2, 0.25) is 0 Å². The third-order valence-corrected chi connectivity index (χ3v) is 7.00. The molecule has 0 heterocycles. The highest BCUT2D eigenvalue weighted by molar-refractivity contribution is 6.01. The summed E-state index contributed by atoms with van der Waals surface area (Å²) in [5, 5.41) is 32.8. The average Bonchev–Trinajstić information content (AvgIpc) is 3.16. The largest absolute Gasteiger partial charge is 0.313 e. The van der Waals surface area contributed by atoms with Crippen LogP contribution in [0.5, 0.6) is 0 Å². The number of nitriles is 3. The van der Waals surface area contributed by atoms with Gasteiger partial charge >= 0.3 is 0 Å². The third-order valence-electron chi connectivity index (χ3n) is 7.00. The molecule has 0 spiro atoms. The molecule has 0 saturated heterocycles. The zero-order valence-corrected chi connectivity index (χ0v) is 20.4. The zero-order chi connectivity index (χ0) is 26.1. The molecule has 6 rings (SSSR count). The van der Waals surface area contributed by atoms with E-state index in [9.17, 15) is 15.8 Å². The molecule has 0 atom stereocenters. The van der Waals surface area contributed by atoms with E-state index in [1.54, 1.807) is 0 Å². The second kappa shape index (κ2) is 9.44. The minimum atomic E-state index is 0.623. The molecular formula is C34H20N4. The molecule has 0 fully saturated rings. The van der Waals surface area contributed by atoms with Gasteiger partial charge in [0.05, 0.1) is 40.6 Å². The molecule has 1 aliphatic carbocycles. The highest BCUT2D eigenvalue weighted by atomic mass is 15.1. The van der Waals surface area contributed by atoms with Gasteiger partial charge in [0.2, 0.25) is 0 Å². The lowest BCUT2D eigenvalue weighted by Crippen LogP contribution is -2.18. The van der Waals surface area contributed by atoms with Crippen LogP contribution in [-0.4, -0.2) is 0 Å². The zero-order valence-electron chi connectivity index (χ0n) is 20.4. The number of hydrogen-bond acceptors (Lipinski definition) is 4. The van der Waals surface area contributed by atoms with Crippen LogP contribution in [0.15, 0.2) is 115 Å². The summed E-state index contributed by atoms with van der Waals surface area (Å²) in [6.45, 7) is 0. The van der Waals surface area contributed by atoms with E-state index in [1.165, 1.54) is 0 Å². The first-order chi connectivity index (χ1) is 18.7. The van der Waals surface area contributed by atoms with Crippen molar-refractivity contribution in [2.45, 2.75) is 6.42 Å².